The standard InChI is InChI=1S/C23H21ClN2O3S/c1-3-11-25-23-26(19-8-5-4-7-16(19)2)22(28)21(30-23)15-17-9-10-20(18(24)14-17)29-13-6-12-27/h4-10,12-15H,3,11H2,1-2H3/b13-6-,21-15-,25-23+. The van der Waals surface area contributed by atoms with Crippen molar-refractivity contribution >= 4 is 52.5 Å². The fourth-order valence-corrected chi connectivity index (χ4v) is 4.04. The highest BCUT2D eigenvalue weighted by atomic mass is 35.5. The van der Waals surface area contributed by atoms with Crippen molar-refractivity contribution in [2.24, 2.45) is 4.99 Å². The fraction of sp³-hybridized carbons (Fsp3) is 0.174. The van der Waals surface area contributed by atoms with Gasteiger partial charge >= 0.3 is 0 Å². The molecule has 30 heavy (non-hydrogen) atoms. The molecule has 0 bridgehead atoms. The highest BCUT2D eigenvalue weighted by Gasteiger charge is 2.35. The van der Waals surface area contributed by atoms with Crippen LogP contribution in [0.3, 0.4) is 0 Å². The first-order chi connectivity index (χ1) is 14.5. The Hall–Kier alpha value is -2.83. The smallest absolute Gasteiger partial charge is 0.271 e. The van der Waals surface area contributed by atoms with Crippen LogP contribution in [0.4, 0.5) is 5.69 Å². The summed E-state index contributed by atoms with van der Waals surface area (Å²) in [4.78, 5) is 30.4. The molecular weight excluding hydrogens is 420 g/mol. The molecule has 0 N–H and O–H groups in total. The molecule has 1 fully saturated rings. The monoisotopic (exact) mass is 440 g/mol. The SMILES string of the molecule is CCC/N=C1/S/C(=C\c2ccc(O/C=C\C=O)c(Cl)c2)C(=O)N1c1ccccc1C. The van der Waals surface area contributed by atoms with Gasteiger partial charge in [0.05, 0.1) is 21.9 Å². The van der Waals surface area contributed by atoms with Gasteiger partial charge in [-0.1, -0.05) is 42.8 Å². The fourth-order valence-electron chi connectivity index (χ4n) is 2.81. The molecule has 1 saturated heterocycles. The highest BCUT2D eigenvalue weighted by molar-refractivity contribution is 8.19. The van der Waals surface area contributed by atoms with Crippen molar-refractivity contribution in [2.75, 3.05) is 11.4 Å². The third kappa shape index (κ3) is 5.01. The lowest BCUT2D eigenvalue weighted by molar-refractivity contribution is -0.113. The molecule has 1 aliphatic heterocycles. The minimum absolute atomic E-state index is 0.116. The number of nitrogens with zero attached hydrogens (tertiary/aromatic N) is 2. The first kappa shape index (κ1) is 21.9. The maximum Gasteiger partial charge on any atom is 0.271 e. The van der Waals surface area contributed by atoms with Gasteiger partial charge in [-0.25, -0.2) is 0 Å². The van der Waals surface area contributed by atoms with Crippen LogP contribution < -0.4 is 9.64 Å². The minimum atomic E-state index is -0.116. The van der Waals surface area contributed by atoms with Gasteiger partial charge in [-0.2, -0.15) is 0 Å². The summed E-state index contributed by atoms with van der Waals surface area (Å²) in [5, 5.41) is 1.05. The quantitative estimate of drug-likeness (QED) is 0.318. The second-order valence-corrected chi connectivity index (χ2v) is 7.89. The number of hydrogen-bond donors (Lipinski definition) is 0. The van der Waals surface area contributed by atoms with Crippen molar-refractivity contribution in [2.45, 2.75) is 20.3 Å². The maximum absolute atomic E-state index is 13.2. The van der Waals surface area contributed by atoms with E-state index in [1.54, 1.807) is 29.2 Å². The van der Waals surface area contributed by atoms with Gasteiger partial charge < -0.3 is 4.74 Å². The van der Waals surface area contributed by atoms with Crippen LogP contribution in [-0.4, -0.2) is 23.9 Å². The number of carbonyl (C=O) groups is 2. The zero-order valence-electron chi connectivity index (χ0n) is 16.7. The van der Waals surface area contributed by atoms with Crippen molar-refractivity contribution in [1.29, 1.82) is 0 Å². The third-order valence-electron chi connectivity index (χ3n) is 4.24. The van der Waals surface area contributed by atoms with E-state index in [0.717, 1.165) is 23.2 Å². The number of halogens is 1. The lowest BCUT2D eigenvalue weighted by Gasteiger charge is -2.17. The van der Waals surface area contributed by atoms with Crippen LogP contribution >= 0.6 is 23.4 Å². The van der Waals surface area contributed by atoms with E-state index in [-0.39, 0.29) is 5.91 Å². The van der Waals surface area contributed by atoms with Gasteiger partial charge in [0.1, 0.15) is 12.0 Å². The minimum Gasteiger partial charge on any atom is -0.463 e. The number of thioether (sulfide) groups is 1. The summed E-state index contributed by atoms with van der Waals surface area (Å²) in [5.74, 6) is 0.309. The van der Waals surface area contributed by atoms with Crippen LogP contribution in [0.1, 0.15) is 24.5 Å². The molecular formula is C23H21ClN2O3S. The summed E-state index contributed by atoms with van der Waals surface area (Å²) in [5.41, 5.74) is 2.60. The van der Waals surface area contributed by atoms with E-state index in [9.17, 15) is 9.59 Å². The Bertz CT molecular complexity index is 1050. The Balaban J connectivity index is 1.92. The van der Waals surface area contributed by atoms with Crippen molar-refractivity contribution in [1.82, 2.24) is 0 Å². The Kier molecular flexibility index (Phi) is 7.49. The normalized spacial score (nSPS) is 16.8. The average Bonchev–Trinajstić information content (AvgIpc) is 3.03. The summed E-state index contributed by atoms with van der Waals surface area (Å²) in [6.45, 7) is 4.68. The number of aldehydes is 1. The molecule has 0 aromatic heterocycles. The van der Waals surface area contributed by atoms with Crippen LogP contribution in [0.2, 0.25) is 5.02 Å². The van der Waals surface area contributed by atoms with E-state index in [4.69, 9.17) is 16.3 Å². The molecule has 1 aliphatic rings. The number of aryl methyl sites for hydroxylation is 1. The number of benzene rings is 2. The van der Waals surface area contributed by atoms with Gasteiger partial charge in [0.15, 0.2) is 5.17 Å². The van der Waals surface area contributed by atoms with Gasteiger partial charge in [-0.15, -0.1) is 0 Å². The molecule has 0 radical (unpaired) electrons. The molecule has 0 saturated carbocycles. The van der Waals surface area contributed by atoms with Crippen molar-refractivity contribution in [3.8, 4) is 5.75 Å². The first-order valence-corrected chi connectivity index (χ1v) is 10.6. The Labute approximate surface area is 185 Å². The molecule has 0 atom stereocenters. The zero-order valence-corrected chi connectivity index (χ0v) is 18.2. The van der Waals surface area contributed by atoms with E-state index in [0.29, 0.717) is 33.7 Å². The number of anilines is 1. The lowest BCUT2D eigenvalue weighted by Crippen LogP contribution is -2.29. The second kappa shape index (κ2) is 10.3. The Morgan fingerprint density at radius 3 is 2.73 bits per heavy atom. The van der Waals surface area contributed by atoms with Gasteiger partial charge in [0, 0.05) is 12.6 Å². The summed E-state index contributed by atoms with van der Waals surface area (Å²) in [7, 11) is 0. The van der Waals surface area contributed by atoms with Gasteiger partial charge in [-0.05, 0) is 60.5 Å². The van der Waals surface area contributed by atoms with Crippen molar-refractivity contribution < 1.29 is 14.3 Å². The average molecular weight is 441 g/mol. The number of hydrogen-bond acceptors (Lipinski definition) is 5. The number of rotatable bonds is 7. The Morgan fingerprint density at radius 1 is 1.23 bits per heavy atom. The van der Waals surface area contributed by atoms with Crippen molar-refractivity contribution in [3.63, 3.8) is 0 Å². The first-order valence-electron chi connectivity index (χ1n) is 9.45. The second-order valence-electron chi connectivity index (χ2n) is 6.47. The molecule has 5 nitrogen and oxygen atoms in total. The summed E-state index contributed by atoms with van der Waals surface area (Å²) in [6.07, 6.45) is 5.81. The topological polar surface area (TPSA) is 59.0 Å². The zero-order chi connectivity index (χ0) is 21.5. The lowest BCUT2D eigenvalue weighted by atomic mass is 10.1. The summed E-state index contributed by atoms with van der Waals surface area (Å²) >= 11 is 7.63. The third-order valence-corrected chi connectivity index (χ3v) is 5.54. The van der Waals surface area contributed by atoms with Gasteiger partial charge in [0.25, 0.3) is 5.91 Å². The highest BCUT2D eigenvalue weighted by Crippen LogP contribution is 2.38. The molecule has 154 valence electrons. The van der Waals surface area contributed by atoms with Crippen LogP contribution in [0.15, 0.2) is 64.7 Å². The van der Waals surface area contributed by atoms with Gasteiger partial charge in [0.2, 0.25) is 0 Å². The van der Waals surface area contributed by atoms with Crippen LogP contribution in [-0.2, 0) is 9.59 Å². The van der Waals surface area contributed by atoms with E-state index in [1.807, 2.05) is 31.2 Å². The molecule has 1 amide bonds. The number of amides is 1. The predicted molar refractivity (Wildman–Crippen MR) is 124 cm³/mol. The molecule has 3 rings (SSSR count). The van der Waals surface area contributed by atoms with Gasteiger partial charge in [-0.3, -0.25) is 19.5 Å². The molecule has 1 heterocycles. The van der Waals surface area contributed by atoms with Crippen LogP contribution in [0, 0.1) is 6.92 Å². The van der Waals surface area contributed by atoms with E-state index in [2.05, 4.69) is 11.9 Å². The van der Waals surface area contributed by atoms with Crippen LogP contribution in [0.25, 0.3) is 6.08 Å². The number of amidine groups is 1. The molecule has 0 aliphatic carbocycles. The number of para-hydroxylation sites is 1. The summed E-state index contributed by atoms with van der Waals surface area (Å²) < 4.78 is 5.31. The molecule has 0 unspecified atom stereocenters. The van der Waals surface area contributed by atoms with E-state index in [1.165, 1.54) is 24.1 Å². The number of carbonyl (C=O) groups excluding carboxylic acids is 2. The Morgan fingerprint density at radius 2 is 2.03 bits per heavy atom. The molecule has 2 aromatic rings. The van der Waals surface area contributed by atoms with Crippen molar-refractivity contribution in [3.05, 3.63) is 75.9 Å². The van der Waals surface area contributed by atoms with E-state index >= 15 is 0 Å². The number of allylic oxidation sites excluding steroid dienone is 1. The van der Waals surface area contributed by atoms with Crippen LogP contribution in [0.5, 0.6) is 5.75 Å². The number of aliphatic imine (C=N–C) groups is 1. The molecule has 7 heteroatoms. The molecule has 0 spiro atoms. The largest absolute Gasteiger partial charge is 0.463 e. The summed E-state index contributed by atoms with van der Waals surface area (Å²) in [6, 6.07) is 13.0. The van der Waals surface area contributed by atoms with E-state index < -0.39 is 0 Å². The molecule has 2 aromatic carbocycles. The maximum atomic E-state index is 13.2. The number of ether oxygens (including phenoxy) is 1. The predicted octanol–water partition coefficient (Wildman–Crippen LogP) is 5.63.